The molecule has 0 amide bonds. The summed E-state index contributed by atoms with van der Waals surface area (Å²) >= 11 is 0. The summed E-state index contributed by atoms with van der Waals surface area (Å²) in [6, 6.07) is 6.01. The molecule has 7 heteroatoms. The summed E-state index contributed by atoms with van der Waals surface area (Å²) in [6.45, 7) is 7.14. The van der Waals surface area contributed by atoms with Crippen molar-refractivity contribution in [2.75, 3.05) is 6.61 Å². The Morgan fingerprint density at radius 3 is 1.06 bits per heavy atom. The fourth-order valence-electron chi connectivity index (χ4n) is 8.79. The molecule has 0 radical (unpaired) electrons. The summed E-state index contributed by atoms with van der Waals surface area (Å²) in [4.78, 5) is 50.7. The monoisotopic (exact) mass is 871 g/mol. The van der Waals surface area contributed by atoms with Crippen molar-refractivity contribution in [3.63, 3.8) is 0 Å². The van der Waals surface area contributed by atoms with Gasteiger partial charge in [-0.2, -0.15) is 0 Å². The number of aromatic hydroxyl groups is 1. The minimum absolute atomic E-state index is 0.0848. The van der Waals surface area contributed by atoms with Crippen LogP contribution in [0.25, 0.3) is 0 Å². The first-order valence-electron chi connectivity index (χ1n) is 26.8. The molecule has 0 aromatic heterocycles. The quantitative estimate of drug-likeness (QED) is 0.0302. The number of benzene rings is 1. The standard InChI is InChI=1S/C55H98O7/c1-4-7-10-13-16-19-22-25-26-29-32-35-38-43-48-60-53(57)49(44-39-36-33-30-27-23-20-17-14-11-8-5-2)50(45-40-37-34-31-28-24-21-18-15-12-9-6-3)54(58)61-62-55(59)51-46-41-42-47-52(51)56/h41-42,46-47,49-50,56H,4-40,43-45,48H2,1-3H3. The Morgan fingerprint density at radius 1 is 0.403 bits per heavy atom. The second-order valence-corrected chi connectivity index (χ2v) is 18.6. The van der Waals surface area contributed by atoms with E-state index in [1.807, 2.05) is 0 Å². The molecule has 0 aliphatic rings. The number of phenols is 1. The van der Waals surface area contributed by atoms with Crippen molar-refractivity contribution in [2.45, 2.75) is 278 Å². The summed E-state index contributed by atoms with van der Waals surface area (Å²) in [5.74, 6) is -3.68. The Hall–Kier alpha value is -2.57. The highest BCUT2D eigenvalue weighted by Gasteiger charge is 2.37. The molecule has 360 valence electrons. The molecule has 0 aliphatic carbocycles. The summed E-state index contributed by atoms with van der Waals surface area (Å²) in [7, 11) is 0. The number of phenolic OH excluding ortho intramolecular Hbond substituents is 1. The number of para-hydroxylation sites is 1. The van der Waals surface area contributed by atoms with Crippen LogP contribution in [0.15, 0.2) is 24.3 Å². The van der Waals surface area contributed by atoms with Crippen LogP contribution >= 0.6 is 0 Å². The van der Waals surface area contributed by atoms with Crippen LogP contribution in [0.1, 0.15) is 288 Å². The number of unbranched alkanes of at least 4 members (excludes halogenated alkanes) is 35. The van der Waals surface area contributed by atoms with E-state index in [4.69, 9.17) is 14.5 Å². The summed E-state index contributed by atoms with van der Waals surface area (Å²) in [5, 5.41) is 10.2. The van der Waals surface area contributed by atoms with Gasteiger partial charge in [0.2, 0.25) is 0 Å². The maximum absolute atomic E-state index is 13.9. The molecule has 0 aliphatic heterocycles. The number of hydrogen-bond acceptors (Lipinski definition) is 7. The highest BCUT2D eigenvalue weighted by atomic mass is 17.2. The zero-order chi connectivity index (χ0) is 45.0. The van der Waals surface area contributed by atoms with Crippen molar-refractivity contribution in [1.82, 2.24) is 0 Å². The molecule has 1 aromatic rings. The van der Waals surface area contributed by atoms with Crippen molar-refractivity contribution in [2.24, 2.45) is 11.8 Å². The topological polar surface area (TPSA) is 99.1 Å². The predicted molar refractivity (Wildman–Crippen MR) is 259 cm³/mol. The van der Waals surface area contributed by atoms with Gasteiger partial charge in [0.25, 0.3) is 0 Å². The van der Waals surface area contributed by atoms with Crippen molar-refractivity contribution >= 4 is 17.9 Å². The molecular formula is C55H98O7. The zero-order valence-electron chi connectivity index (χ0n) is 40.9. The van der Waals surface area contributed by atoms with Gasteiger partial charge in [0.05, 0.1) is 18.4 Å². The van der Waals surface area contributed by atoms with E-state index < -0.39 is 23.8 Å². The van der Waals surface area contributed by atoms with Gasteiger partial charge in [-0.05, 0) is 31.4 Å². The van der Waals surface area contributed by atoms with Gasteiger partial charge in [0, 0.05) is 0 Å². The molecule has 0 fully saturated rings. The van der Waals surface area contributed by atoms with E-state index in [2.05, 4.69) is 20.8 Å². The third-order valence-electron chi connectivity index (χ3n) is 12.9. The number of carbonyl (C=O) groups is 3. The normalized spacial score (nSPS) is 12.3. The van der Waals surface area contributed by atoms with Gasteiger partial charge in [-0.1, -0.05) is 270 Å². The fourth-order valence-corrected chi connectivity index (χ4v) is 8.79. The average molecular weight is 871 g/mol. The summed E-state index contributed by atoms with van der Waals surface area (Å²) in [6.07, 6.45) is 47.8. The molecule has 0 spiro atoms. The first-order chi connectivity index (χ1) is 30.5. The largest absolute Gasteiger partial charge is 0.507 e. The molecule has 62 heavy (non-hydrogen) atoms. The van der Waals surface area contributed by atoms with Crippen molar-refractivity contribution < 1.29 is 34.0 Å². The molecule has 1 N–H and O–H groups in total. The van der Waals surface area contributed by atoms with Gasteiger partial charge in [-0.25, -0.2) is 19.4 Å². The van der Waals surface area contributed by atoms with E-state index in [1.54, 1.807) is 12.1 Å². The maximum atomic E-state index is 13.9. The average Bonchev–Trinajstić information content (AvgIpc) is 3.27. The van der Waals surface area contributed by atoms with Gasteiger partial charge in [-0.15, -0.1) is 0 Å². The third-order valence-corrected chi connectivity index (χ3v) is 12.9. The second kappa shape index (κ2) is 43.7. The number of esters is 1. The van der Waals surface area contributed by atoms with Crippen LogP contribution < -0.4 is 0 Å². The third kappa shape index (κ3) is 33.0. The highest BCUT2D eigenvalue weighted by molar-refractivity contribution is 5.92. The van der Waals surface area contributed by atoms with E-state index in [-0.39, 0.29) is 17.3 Å². The molecule has 0 heterocycles. The lowest BCUT2D eigenvalue weighted by molar-refractivity contribution is -0.240. The van der Waals surface area contributed by atoms with Gasteiger partial charge in [0.1, 0.15) is 11.3 Å². The van der Waals surface area contributed by atoms with Crippen LogP contribution in [0, 0.1) is 11.8 Å². The Bertz CT molecular complexity index is 1170. The summed E-state index contributed by atoms with van der Waals surface area (Å²) in [5.41, 5.74) is -0.0848. The van der Waals surface area contributed by atoms with Crippen molar-refractivity contribution in [3.05, 3.63) is 29.8 Å². The minimum atomic E-state index is -0.946. The molecule has 2 unspecified atom stereocenters. The Balaban J connectivity index is 2.76. The number of hydrogen-bond donors (Lipinski definition) is 1. The van der Waals surface area contributed by atoms with Crippen LogP contribution in [0.4, 0.5) is 0 Å². The molecule has 2 atom stereocenters. The van der Waals surface area contributed by atoms with Gasteiger partial charge >= 0.3 is 17.9 Å². The van der Waals surface area contributed by atoms with Gasteiger partial charge in [0.15, 0.2) is 0 Å². The van der Waals surface area contributed by atoms with E-state index in [0.717, 1.165) is 57.8 Å². The maximum Gasteiger partial charge on any atom is 0.390 e. The SMILES string of the molecule is CCCCCCCCCCCCCCCCOC(=O)C(CCCCCCCCCCCCCC)C(CCCCCCCCCCCCCC)C(=O)OOC(=O)c1ccccc1O. The highest BCUT2D eigenvalue weighted by Crippen LogP contribution is 2.29. The smallest absolute Gasteiger partial charge is 0.390 e. The first kappa shape index (κ1) is 57.4. The molecule has 7 nitrogen and oxygen atoms in total. The van der Waals surface area contributed by atoms with Crippen molar-refractivity contribution in [1.29, 1.82) is 0 Å². The Morgan fingerprint density at radius 2 is 0.710 bits per heavy atom. The van der Waals surface area contributed by atoms with Crippen LogP contribution in [-0.4, -0.2) is 29.6 Å². The summed E-state index contributed by atoms with van der Waals surface area (Å²) < 4.78 is 5.94. The first-order valence-corrected chi connectivity index (χ1v) is 26.8. The van der Waals surface area contributed by atoms with Gasteiger partial charge in [-0.3, -0.25) is 4.79 Å². The molecule has 1 rings (SSSR count). The van der Waals surface area contributed by atoms with E-state index >= 15 is 0 Å². The van der Waals surface area contributed by atoms with E-state index in [0.29, 0.717) is 19.4 Å². The number of rotatable bonds is 45. The van der Waals surface area contributed by atoms with Crippen LogP contribution in [0.2, 0.25) is 0 Å². The van der Waals surface area contributed by atoms with Crippen LogP contribution in [0.3, 0.4) is 0 Å². The molecular weight excluding hydrogens is 773 g/mol. The lowest BCUT2D eigenvalue weighted by atomic mass is 9.83. The van der Waals surface area contributed by atoms with Gasteiger partial charge < -0.3 is 9.84 Å². The predicted octanol–water partition coefficient (Wildman–Crippen LogP) is 17.4. The van der Waals surface area contributed by atoms with Crippen LogP contribution in [-0.2, 0) is 24.1 Å². The number of ether oxygens (including phenoxy) is 1. The van der Waals surface area contributed by atoms with Crippen molar-refractivity contribution in [3.8, 4) is 5.75 Å². The molecule has 1 aromatic carbocycles. The van der Waals surface area contributed by atoms with E-state index in [9.17, 15) is 19.5 Å². The zero-order valence-corrected chi connectivity index (χ0v) is 40.9. The van der Waals surface area contributed by atoms with Crippen LogP contribution in [0.5, 0.6) is 5.75 Å². The Labute approximate surface area is 382 Å². The second-order valence-electron chi connectivity index (χ2n) is 18.6. The minimum Gasteiger partial charge on any atom is -0.507 e. The molecule has 0 saturated carbocycles. The number of carbonyl (C=O) groups excluding carboxylic acids is 3. The Kier molecular flexibility index (Phi) is 40.5. The lowest BCUT2D eigenvalue weighted by Gasteiger charge is -2.24. The molecule has 0 bridgehead atoms. The molecule has 0 saturated heterocycles. The lowest BCUT2D eigenvalue weighted by Crippen LogP contribution is -2.33. The van der Waals surface area contributed by atoms with E-state index in [1.165, 1.54) is 198 Å². The fraction of sp³-hybridized carbons (Fsp3) is 0.836.